The minimum absolute atomic E-state index is 0.178. The summed E-state index contributed by atoms with van der Waals surface area (Å²) in [7, 11) is 0. The lowest BCUT2D eigenvalue weighted by molar-refractivity contribution is -0.274. The van der Waals surface area contributed by atoms with Crippen LogP contribution in [0.25, 0.3) is 33.5 Å². The summed E-state index contributed by atoms with van der Waals surface area (Å²) in [6, 6.07) is 11.5. The number of nitrogens with zero attached hydrogens (tertiary/aromatic N) is 3. The summed E-state index contributed by atoms with van der Waals surface area (Å²) in [4.78, 5) is 22.1. The van der Waals surface area contributed by atoms with Gasteiger partial charge in [-0.15, -0.1) is 13.2 Å². The normalized spacial score (nSPS) is 12.7. The Hall–Kier alpha value is -3.79. The van der Waals surface area contributed by atoms with Gasteiger partial charge in [-0.05, 0) is 49.4 Å². The van der Waals surface area contributed by atoms with Gasteiger partial charge >= 0.3 is 6.36 Å². The summed E-state index contributed by atoms with van der Waals surface area (Å²) in [6.07, 6.45) is -3.44. The van der Waals surface area contributed by atoms with Crippen molar-refractivity contribution in [1.29, 1.82) is 0 Å². The van der Waals surface area contributed by atoms with E-state index < -0.39 is 23.8 Å². The average Bonchev–Trinajstić information content (AvgIpc) is 2.78. The average molecular weight is 459 g/mol. The van der Waals surface area contributed by atoms with Crippen LogP contribution in [-0.2, 0) is 0 Å². The minimum Gasteiger partial charge on any atom is -0.406 e. The molecule has 2 aromatic carbocycles. The lowest BCUT2D eigenvalue weighted by atomic mass is 10.1. The SMILES string of the molecule is C[C@@H](CO)n1c(-c2cccc(F)c2)nc2cnc(-c3ccc(OC(F)(F)F)cc3)cc2c1=O. The van der Waals surface area contributed by atoms with Gasteiger partial charge in [0.15, 0.2) is 0 Å². The van der Waals surface area contributed by atoms with E-state index in [9.17, 15) is 27.5 Å². The molecule has 4 aromatic rings. The van der Waals surface area contributed by atoms with Crippen molar-refractivity contribution in [3.05, 3.63) is 77.0 Å². The Morgan fingerprint density at radius 1 is 1.09 bits per heavy atom. The zero-order valence-corrected chi connectivity index (χ0v) is 17.2. The zero-order chi connectivity index (χ0) is 23.8. The number of halogens is 4. The minimum atomic E-state index is -4.80. The number of aliphatic hydroxyl groups excluding tert-OH is 1. The van der Waals surface area contributed by atoms with Crippen molar-refractivity contribution < 1.29 is 27.4 Å². The van der Waals surface area contributed by atoms with Gasteiger partial charge in [0.25, 0.3) is 5.56 Å². The molecule has 0 bridgehead atoms. The van der Waals surface area contributed by atoms with Crippen molar-refractivity contribution in [2.45, 2.75) is 19.3 Å². The highest BCUT2D eigenvalue weighted by atomic mass is 19.4. The first-order chi connectivity index (χ1) is 15.7. The van der Waals surface area contributed by atoms with Crippen LogP contribution in [0.4, 0.5) is 17.6 Å². The topological polar surface area (TPSA) is 77.2 Å². The number of alkyl halides is 3. The van der Waals surface area contributed by atoms with Gasteiger partial charge < -0.3 is 9.84 Å². The van der Waals surface area contributed by atoms with Gasteiger partial charge in [-0.25, -0.2) is 9.37 Å². The highest BCUT2D eigenvalue weighted by molar-refractivity contribution is 5.83. The first-order valence-electron chi connectivity index (χ1n) is 9.81. The number of aromatic nitrogens is 3. The predicted octanol–water partition coefficient (Wildman–Crippen LogP) is 4.72. The maximum Gasteiger partial charge on any atom is 0.573 e. The fourth-order valence-electron chi connectivity index (χ4n) is 3.41. The van der Waals surface area contributed by atoms with E-state index in [4.69, 9.17) is 0 Å². The lowest BCUT2D eigenvalue weighted by Gasteiger charge is -2.18. The third kappa shape index (κ3) is 4.70. The number of ether oxygens (including phenoxy) is 1. The van der Waals surface area contributed by atoms with E-state index in [-0.39, 0.29) is 29.1 Å². The van der Waals surface area contributed by atoms with Crippen LogP contribution in [0.3, 0.4) is 0 Å². The van der Waals surface area contributed by atoms with Crippen LogP contribution in [-0.4, -0.2) is 32.6 Å². The summed E-state index contributed by atoms with van der Waals surface area (Å²) in [6.45, 7) is 1.27. The summed E-state index contributed by atoms with van der Waals surface area (Å²) in [5, 5.41) is 9.87. The fraction of sp³-hybridized carbons (Fsp3) is 0.174. The van der Waals surface area contributed by atoms with Crippen LogP contribution in [0.15, 0.2) is 65.6 Å². The smallest absolute Gasteiger partial charge is 0.406 e. The standard InChI is InChI=1S/C23H17F4N3O3/c1-13(12-31)30-21(15-3-2-4-16(24)9-15)29-20-11-28-19(10-18(20)22(30)32)14-5-7-17(8-6-14)33-23(25,26)27/h2-11,13,31H,12H2,1H3/t13-/m0/s1. The number of hydrogen-bond donors (Lipinski definition) is 1. The van der Waals surface area contributed by atoms with E-state index in [1.807, 2.05) is 0 Å². The molecular weight excluding hydrogens is 442 g/mol. The molecule has 0 saturated carbocycles. The van der Waals surface area contributed by atoms with Crippen LogP contribution in [0.5, 0.6) is 5.75 Å². The van der Waals surface area contributed by atoms with E-state index in [2.05, 4.69) is 14.7 Å². The van der Waals surface area contributed by atoms with Crippen molar-refractivity contribution in [2.75, 3.05) is 6.61 Å². The molecule has 1 N–H and O–H groups in total. The molecule has 0 aliphatic rings. The molecule has 4 rings (SSSR count). The van der Waals surface area contributed by atoms with E-state index >= 15 is 0 Å². The Bertz CT molecular complexity index is 1370. The van der Waals surface area contributed by atoms with Crippen molar-refractivity contribution in [3.8, 4) is 28.4 Å². The molecule has 1 atom stereocenters. The number of benzene rings is 2. The van der Waals surface area contributed by atoms with Crippen molar-refractivity contribution in [1.82, 2.24) is 14.5 Å². The van der Waals surface area contributed by atoms with Crippen LogP contribution in [0.2, 0.25) is 0 Å². The highest BCUT2D eigenvalue weighted by Gasteiger charge is 2.31. The lowest BCUT2D eigenvalue weighted by Crippen LogP contribution is -2.28. The Balaban J connectivity index is 1.84. The van der Waals surface area contributed by atoms with E-state index in [1.165, 1.54) is 47.2 Å². The summed E-state index contributed by atoms with van der Waals surface area (Å²) < 4.78 is 56.1. The van der Waals surface area contributed by atoms with Gasteiger partial charge in [0.05, 0.1) is 35.4 Å². The van der Waals surface area contributed by atoms with Crippen LogP contribution in [0, 0.1) is 5.82 Å². The predicted molar refractivity (Wildman–Crippen MR) is 113 cm³/mol. The second-order valence-corrected chi connectivity index (χ2v) is 7.31. The summed E-state index contributed by atoms with van der Waals surface area (Å²) in [5.41, 5.74) is 0.935. The summed E-state index contributed by atoms with van der Waals surface area (Å²) >= 11 is 0. The van der Waals surface area contributed by atoms with Crippen molar-refractivity contribution in [3.63, 3.8) is 0 Å². The van der Waals surface area contributed by atoms with E-state index in [0.29, 0.717) is 16.8 Å². The maximum absolute atomic E-state index is 13.8. The third-order valence-electron chi connectivity index (χ3n) is 4.96. The number of hydrogen-bond acceptors (Lipinski definition) is 5. The Morgan fingerprint density at radius 3 is 2.45 bits per heavy atom. The molecule has 0 fully saturated rings. The molecule has 0 spiro atoms. The number of aliphatic hydroxyl groups is 1. The number of fused-ring (bicyclic) bond motifs is 1. The summed E-state index contributed by atoms with van der Waals surface area (Å²) in [5.74, 6) is -0.708. The molecule has 0 aliphatic carbocycles. The van der Waals surface area contributed by atoms with Crippen LogP contribution >= 0.6 is 0 Å². The molecule has 33 heavy (non-hydrogen) atoms. The van der Waals surface area contributed by atoms with Gasteiger partial charge in [0, 0.05) is 11.1 Å². The first-order valence-corrected chi connectivity index (χ1v) is 9.81. The fourth-order valence-corrected chi connectivity index (χ4v) is 3.41. The second kappa shape index (κ2) is 8.62. The Kier molecular flexibility index (Phi) is 5.86. The zero-order valence-electron chi connectivity index (χ0n) is 17.2. The van der Waals surface area contributed by atoms with Gasteiger partial charge in [0.1, 0.15) is 17.4 Å². The van der Waals surface area contributed by atoms with Gasteiger partial charge in [0.2, 0.25) is 0 Å². The molecule has 0 unspecified atom stereocenters. The molecule has 0 radical (unpaired) electrons. The van der Waals surface area contributed by atoms with Crippen LogP contribution in [0.1, 0.15) is 13.0 Å². The monoisotopic (exact) mass is 459 g/mol. The van der Waals surface area contributed by atoms with E-state index in [0.717, 1.165) is 12.1 Å². The van der Waals surface area contributed by atoms with Crippen molar-refractivity contribution in [2.24, 2.45) is 0 Å². The molecule has 170 valence electrons. The quantitative estimate of drug-likeness (QED) is 0.437. The third-order valence-corrected chi connectivity index (χ3v) is 4.96. The number of rotatable bonds is 5. The molecule has 2 heterocycles. The second-order valence-electron chi connectivity index (χ2n) is 7.31. The van der Waals surface area contributed by atoms with Gasteiger partial charge in [-0.3, -0.25) is 14.3 Å². The molecule has 0 amide bonds. The molecule has 2 aromatic heterocycles. The molecule has 6 nitrogen and oxygen atoms in total. The molecule has 10 heteroatoms. The van der Waals surface area contributed by atoms with Crippen molar-refractivity contribution >= 4 is 10.9 Å². The number of pyridine rings is 1. The molecule has 0 saturated heterocycles. The van der Waals surface area contributed by atoms with Gasteiger partial charge in [-0.1, -0.05) is 12.1 Å². The highest BCUT2D eigenvalue weighted by Crippen LogP contribution is 2.28. The first kappa shape index (κ1) is 22.4. The Labute approximate surface area is 184 Å². The Morgan fingerprint density at radius 2 is 1.82 bits per heavy atom. The van der Waals surface area contributed by atoms with Crippen LogP contribution < -0.4 is 10.3 Å². The van der Waals surface area contributed by atoms with E-state index in [1.54, 1.807) is 13.0 Å². The maximum atomic E-state index is 13.8. The van der Waals surface area contributed by atoms with Gasteiger partial charge in [-0.2, -0.15) is 0 Å². The molecular formula is C23H17F4N3O3. The molecule has 0 aliphatic heterocycles. The largest absolute Gasteiger partial charge is 0.573 e.